The maximum atomic E-state index is 4.76. The molecule has 0 bridgehead atoms. The summed E-state index contributed by atoms with van der Waals surface area (Å²) in [5.41, 5.74) is 3.83. The first kappa shape index (κ1) is 16.9. The molecule has 1 saturated heterocycles. The van der Waals surface area contributed by atoms with Gasteiger partial charge in [-0.3, -0.25) is 0 Å². The molecule has 7 nitrogen and oxygen atoms in total. The Balaban J connectivity index is 1.34. The molecule has 4 aromatic rings. The molecule has 1 aliphatic heterocycles. The summed E-state index contributed by atoms with van der Waals surface area (Å²) >= 11 is 0. The number of nitrogens with one attached hydrogen (secondary N) is 2. The molecule has 0 aliphatic carbocycles. The number of hydrogen-bond donors (Lipinski definition) is 2. The van der Waals surface area contributed by atoms with E-state index in [4.69, 9.17) is 4.98 Å². The van der Waals surface area contributed by atoms with Crippen molar-refractivity contribution >= 4 is 33.7 Å². The number of aromatic amines is 1. The number of aromatic nitrogens is 4. The number of rotatable bonds is 4. The average molecular weight is 373 g/mol. The topological polar surface area (TPSA) is 73.0 Å². The number of fused-ring (bicyclic) bond motifs is 2. The van der Waals surface area contributed by atoms with E-state index in [1.165, 1.54) is 10.9 Å². The highest BCUT2D eigenvalue weighted by Crippen LogP contribution is 2.19. The van der Waals surface area contributed by atoms with E-state index in [0.29, 0.717) is 12.2 Å². The summed E-state index contributed by atoms with van der Waals surface area (Å²) < 4.78 is 0. The molecule has 1 aliphatic rings. The molecule has 0 atom stereocenters. The molecular weight excluding hydrogens is 350 g/mol. The molecule has 3 aromatic heterocycles. The molecule has 7 heteroatoms. The van der Waals surface area contributed by atoms with Crippen LogP contribution >= 0.6 is 0 Å². The molecular formula is C21H23N7. The van der Waals surface area contributed by atoms with E-state index >= 15 is 0 Å². The van der Waals surface area contributed by atoms with Crippen molar-refractivity contribution in [3.05, 3.63) is 54.4 Å². The van der Waals surface area contributed by atoms with Crippen LogP contribution in [0.5, 0.6) is 0 Å². The van der Waals surface area contributed by atoms with Gasteiger partial charge in [0.15, 0.2) is 5.65 Å². The van der Waals surface area contributed by atoms with Gasteiger partial charge in [-0.05, 0) is 42.3 Å². The fourth-order valence-electron chi connectivity index (χ4n) is 3.58. The van der Waals surface area contributed by atoms with Crippen molar-refractivity contribution in [1.29, 1.82) is 0 Å². The Bertz CT molecular complexity index is 1110. The summed E-state index contributed by atoms with van der Waals surface area (Å²) in [6.07, 6.45) is 3.73. The Labute approximate surface area is 163 Å². The van der Waals surface area contributed by atoms with Crippen LogP contribution < -0.4 is 10.2 Å². The van der Waals surface area contributed by atoms with E-state index in [1.54, 1.807) is 6.20 Å². The fourth-order valence-corrected chi connectivity index (χ4v) is 3.58. The first-order valence-corrected chi connectivity index (χ1v) is 9.62. The maximum absolute atomic E-state index is 4.76. The molecule has 4 heterocycles. The minimum absolute atomic E-state index is 0.682. The van der Waals surface area contributed by atoms with Crippen LogP contribution in [0.4, 0.5) is 11.6 Å². The lowest BCUT2D eigenvalue weighted by Crippen LogP contribution is -2.44. The maximum Gasteiger partial charge on any atom is 0.182 e. The fraction of sp³-hybridized carbons (Fsp3) is 0.286. The predicted octanol–water partition coefficient (Wildman–Crippen LogP) is 2.87. The second-order valence-corrected chi connectivity index (χ2v) is 7.31. The Morgan fingerprint density at radius 2 is 1.93 bits per heavy atom. The van der Waals surface area contributed by atoms with Gasteiger partial charge in [-0.15, -0.1) is 0 Å². The van der Waals surface area contributed by atoms with Crippen molar-refractivity contribution in [3.8, 4) is 0 Å². The summed E-state index contributed by atoms with van der Waals surface area (Å²) in [7, 11) is 2.15. The van der Waals surface area contributed by atoms with E-state index in [1.807, 2.05) is 18.3 Å². The SMILES string of the molecule is CN1CCN(c2ccc3ncc(NCc4ccc5cc[nH]c5c4)nc3n2)CC1. The molecule has 2 N–H and O–H groups in total. The molecule has 0 saturated carbocycles. The van der Waals surface area contributed by atoms with Gasteiger partial charge in [0.1, 0.15) is 17.2 Å². The normalized spacial score (nSPS) is 15.4. The first-order chi connectivity index (χ1) is 13.7. The zero-order valence-corrected chi connectivity index (χ0v) is 15.9. The van der Waals surface area contributed by atoms with Gasteiger partial charge in [-0.2, -0.15) is 0 Å². The number of piperazine rings is 1. The largest absolute Gasteiger partial charge is 0.365 e. The second kappa shape index (κ2) is 7.09. The number of anilines is 2. The highest BCUT2D eigenvalue weighted by molar-refractivity contribution is 5.80. The van der Waals surface area contributed by atoms with Crippen LogP contribution in [-0.2, 0) is 6.54 Å². The van der Waals surface area contributed by atoms with Crippen molar-refractivity contribution in [3.63, 3.8) is 0 Å². The van der Waals surface area contributed by atoms with Gasteiger partial charge in [0.25, 0.3) is 0 Å². The third kappa shape index (κ3) is 3.36. The Morgan fingerprint density at radius 1 is 1.04 bits per heavy atom. The van der Waals surface area contributed by atoms with Crippen molar-refractivity contribution in [2.24, 2.45) is 0 Å². The zero-order chi connectivity index (χ0) is 18.9. The van der Waals surface area contributed by atoms with Gasteiger partial charge in [0, 0.05) is 44.4 Å². The number of H-pyrrole nitrogens is 1. The Morgan fingerprint density at radius 3 is 2.82 bits per heavy atom. The summed E-state index contributed by atoms with van der Waals surface area (Å²) in [6.45, 7) is 4.77. The van der Waals surface area contributed by atoms with Crippen molar-refractivity contribution in [2.45, 2.75) is 6.54 Å². The number of nitrogens with zero attached hydrogens (tertiary/aromatic N) is 5. The van der Waals surface area contributed by atoms with Crippen molar-refractivity contribution in [1.82, 2.24) is 24.8 Å². The van der Waals surface area contributed by atoms with Gasteiger partial charge < -0.3 is 20.1 Å². The molecule has 0 radical (unpaired) electrons. The lowest BCUT2D eigenvalue weighted by atomic mass is 10.1. The quantitative estimate of drug-likeness (QED) is 0.573. The highest BCUT2D eigenvalue weighted by atomic mass is 15.3. The van der Waals surface area contributed by atoms with E-state index in [-0.39, 0.29) is 0 Å². The number of pyridine rings is 1. The van der Waals surface area contributed by atoms with Gasteiger partial charge in [-0.1, -0.05) is 12.1 Å². The van der Waals surface area contributed by atoms with Crippen LogP contribution in [0.3, 0.4) is 0 Å². The van der Waals surface area contributed by atoms with Crippen LogP contribution in [0.2, 0.25) is 0 Å². The molecule has 1 fully saturated rings. The lowest BCUT2D eigenvalue weighted by molar-refractivity contribution is 0.312. The molecule has 142 valence electrons. The Hall–Kier alpha value is -3.19. The highest BCUT2D eigenvalue weighted by Gasteiger charge is 2.16. The summed E-state index contributed by atoms with van der Waals surface area (Å²) in [6, 6.07) is 12.5. The van der Waals surface area contributed by atoms with Crippen molar-refractivity contribution < 1.29 is 0 Å². The third-order valence-electron chi connectivity index (χ3n) is 5.31. The minimum atomic E-state index is 0.682. The third-order valence-corrected chi connectivity index (χ3v) is 5.31. The molecule has 0 amide bonds. The number of hydrogen-bond acceptors (Lipinski definition) is 6. The molecule has 28 heavy (non-hydrogen) atoms. The molecule has 5 rings (SSSR count). The summed E-state index contributed by atoms with van der Waals surface area (Å²) in [5, 5.41) is 4.58. The van der Waals surface area contributed by atoms with Gasteiger partial charge in [0.05, 0.1) is 6.20 Å². The van der Waals surface area contributed by atoms with E-state index in [0.717, 1.165) is 48.8 Å². The van der Waals surface area contributed by atoms with Gasteiger partial charge in [-0.25, -0.2) is 15.0 Å². The number of likely N-dealkylation sites (N-methyl/N-ethyl adjacent to an activating group) is 1. The van der Waals surface area contributed by atoms with E-state index in [9.17, 15) is 0 Å². The monoisotopic (exact) mass is 373 g/mol. The average Bonchev–Trinajstić information content (AvgIpc) is 3.20. The van der Waals surface area contributed by atoms with Crippen LogP contribution in [0.15, 0.2) is 48.8 Å². The molecule has 0 spiro atoms. The van der Waals surface area contributed by atoms with Crippen LogP contribution in [0, 0.1) is 0 Å². The van der Waals surface area contributed by atoms with E-state index in [2.05, 4.69) is 61.4 Å². The molecule has 1 aromatic carbocycles. The molecule has 0 unspecified atom stereocenters. The summed E-state index contributed by atoms with van der Waals surface area (Å²) in [4.78, 5) is 21.9. The lowest BCUT2D eigenvalue weighted by Gasteiger charge is -2.33. The van der Waals surface area contributed by atoms with Crippen LogP contribution in [0.1, 0.15) is 5.56 Å². The first-order valence-electron chi connectivity index (χ1n) is 9.62. The minimum Gasteiger partial charge on any atom is -0.365 e. The van der Waals surface area contributed by atoms with Crippen LogP contribution in [0.25, 0.3) is 22.1 Å². The predicted molar refractivity (Wildman–Crippen MR) is 113 cm³/mol. The summed E-state index contributed by atoms with van der Waals surface area (Å²) in [5.74, 6) is 1.71. The van der Waals surface area contributed by atoms with E-state index < -0.39 is 0 Å². The Kier molecular flexibility index (Phi) is 4.29. The van der Waals surface area contributed by atoms with Crippen molar-refractivity contribution in [2.75, 3.05) is 43.4 Å². The van der Waals surface area contributed by atoms with Crippen LogP contribution in [-0.4, -0.2) is 58.1 Å². The van der Waals surface area contributed by atoms with Gasteiger partial charge in [0.2, 0.25) is 0 Å². The zero-order valence-electron chi connectivity index (χ0n) is 15.9. The smallest absolute Gasteiger partial charge is 0.182 e. The van der Waals surface area contributed by atoms with Gasteiger partial charge >= 0.3 is 0 Å². The standard InChI is InChI=1S/C21H23N7/c1-27-8-10-28(11-9-27)20-5-4-17-21(26-20)25-19(14-23-17)24-13-15-2-3-16-6-7-22-18(16)12-15/h2-7,12,14,22H,8-11,13H2,1H3,(H,24,25,26). The second-order valence-electron chi connectivity index (χ2n) is 7.31. The number of benzene rings is 1.